The van der Waals surface area contributed by atoms with Crippen molar-refractivity contribution in [1.29, 1.82) is 0 Å². The van der Waals surface area contributed by atoms with E-state index < -0.39 is 24.3 Å². The first kappa shape index (κ1) is 20.4. The average molecular weight is 443 g/mol. The van der Waals surface area contributed by atoms with Gasteiger partial charge in [-0.1, -0.05) is 0 Å². The Labute approximate surface area is 181 Å². The van der Waals surface area contributed by atoms with Gasteiger partial charge in [-0.25, -0.2) is 13.8 Å². The van der Waals surface area contributed by atoms with Gasteiger partial charge in [0, 0.05) is 25.4 Å². The molecule has 0 aromatic carbocycles. The fraction of sp³-hybridized carbons (Fsp3) is 0.429. The molecule has 2 atom stereocenters. The molecule has 1 amide bonds. The first-order valence-corrected chi connectivity index (χ1v) is 10.6. The van der Waals surface area contributed by atoms with Gasteiger partial charge in [0.05, 0.1) is 12.2 Å². The number of amides is 1. The standard InChI is InChI=1S/C21H23F2N7O2/c1-24-18-9-17(26-16-3-2-6-29(21(16)32)12-7-11(22)8-12)28-19-13(10-25-30(18)19)20(31)27-15-5-4-14(15)23/h2-3,6,9-12,14-15,24H,4-5,7-8H2,1H3,(H,26,28)(H,27,31)/t11-,12-,14-,15-/m1/s1. The Morgan fingerprint density at radius 1 is 1.25 bits per heavy atom. The third-order valence-corrected chi connectivity index (χ3v) is 6.17. The number of hydrogen-bond donors (Lipinski definition) is 3. The lowest BCUT2D eigenvalue weighted by Gasteiger charge is -2.31. The van der Waals surface area contributed by atoms with Crippen LogP contribution in [0.4, 0.5) is 26.1 Å². The molecule has 0 saturated heterocycles. The van der Waals surface area contributed by atoms with Crippen LogP contribution >= 0.6 is 0 Å². The van der Waals surface area contributed by atoms with Gasteiger partial charge >= 0.3 is 0 Å². The highest BCUT2D eigenvalue weighted by Gasteiger charge is 2.33. The van der Waals surface area contributed by atoms with Gasteiger partial charge in [0.15, 0.2) is 5.65 Å². The normalized spacial score (nSPS) is 24.5. The number of fused-ring (bicyclic) bond motifs is 1. The Kier molecular flexibility index (Phi) is 5.03. The smallest absolute Gasteiger partial charge is 0.274 e. The second-order valence-electron chi connectivity index (χ2n) is 8.23. The number of aromatic nitrogens is 4. The SMILES string of the molecule is CNc1cc(Nc2cccn([C@H]3C[C@H](F)C3)c2=O)nc2c(C(=O)N[C@@H]3CC[C@H]3F)cnn12. The van der Waals surface area contributed by atoms with Crippen molar-refractivity contribution in [3.63, 3.8) is 0 Å². The molecule has 5 rings (SSSR count). The molecule has 0 spiro atoms. The number of hydrogen-bond acceptors (Lipinski definition) is 6. The summed E-state index contributed by atoms with van der Waals surface area (Å²) in [6.45, 7) is 0. The van der Waals surface area contributed by atoms with Gasteiger partial charge in [0.25, 0.3) is 11.5 Å². The number of halogens is 2. The van der Waals surface area contributed by atoms with Gasteiger partial charge in [0.2, 0.25) is 0 Å². The van der Waals surface area contributed by atoms with Crippen molar-refractivity contribution < 1.29 is 13.6 Å². The Hall–Kier alpha value is -3.50. The van der Waals surface area contributed by atoms with Crippen LogP contribution in [0.15, 0.2) is 35.4 Å². The highest BCUT2D eigenvalue weighted by atomic mass is 19.1. The minimum atomic E-state index is -1.04. The van der Waals surface area contributed by atoms with E-state index >= 15 is 0 Å². The van der Waals surface area contributed by atoms with E-state index in [4.69, 9.17) is 0 Å². The number of nitrogens with zero attached hydrogens (tertiary/aromatic N) is 4. The van der Waals surface area contributed by atoms with Crippen molar-refractivity contribution in [1.82, 2.24) is 24.5 Å². The van der Waals surface area contributed by atoms with Gasteiger partial charge < -0.3 is 20.5 Å². The van der Waals surface area contributed by atoms with Crippen LogP contribution in [-0.2, 0) is 0 Å². The Balaban J connectivity index is 1.46. The Morgan fingerprint density at radius 2 is 2.06 bits per heavy atom. The van der Waals surface area contributed by atoms with Crippen LogP contribution < -0.4 is 21.5 Å². The van der Waals surface area contributed by atoms with E-state index in [2.05, 4.69) is 26.0 Å². The van der Waals surface area contributed by atoms with Crippen LogP contribution in [-0.4, -0.2) is 50.5 Å². The molecule has 2 saturated carbocycles. The molecule has 0 aliphatic heterocycles. The highest BCUT2D eigenvalue weighted by molar-refractivity contribution is 6.00. The summed E-state index contributed by atoms with van der Waals surface area (Å²) in [5.41, 5.74) is 0.483. The summed E-state index contributed by atoms with van der Waals surface area (Å²) in [4.78, 5) is 30.0. The van der Waals surface area contributed by atoms with Gasteiger partial charge in [-0.15, -0.1) is 0 Å². The van der Waals surface area contributed by atoms with E-state index in [9.17, 15) is 18.4 Å². The fourth-order valence-corrected chi connectivity index (χ4v) is 4.01. The van der Waals surface area contributed by atoms with Gasteiger partial charge in [0.1, 0.15) is 35.2 Å². The largest absolute Gasteiger partial charge is 0.373 e. The first-order valence-electron chi connectivity index (χ1n) is 10.6. The number of alkyl halides is 2. The maximum absolute atomic E-state index is 13.6. The summed E-state index contributed by atoms with van der Waals surface area (Å²) < 4.78 is 29.8. The minimum Gasteiger partial charge on any atom is -0.373 e. The maximum atomic E-state index is 13.6. The molecule has 0 unspecified atom stereocenters. The molecule has 11 heteroatoms. The zero-order chi connectivity index (χ0) is 22.4. The molecule has 32 heavy (non-hydrogen) atoms. The fourth-order valence-electron chi connectivity index (χ4n) is 4.01. The van der Waals surface area contributed by atoms with Gasteiger partial charge in [-0.3, -0.25) is 9.59 Å². The Bertz CT molecular complexity index is 1230. The maximum Gasteiger partial charge on any atom is 0.274 e. The van der Waals surface area contributed by atoms with E-state index in [1.165, 1.54) is 15.3 Å². The monoisotopic (exact) mass is 443 g/mol. The van der Waals surface area contributed by atoms with Crippen molar-refractivity contribution in [2.24, 2.45) is 0 Å². The minimum absolute atomic E-state index is 0.154. The van der Waals surface area contributed by atoms with Crippen LogP contribution in [0.2, 0.25) is 0 Å². The van der Waals surface area contributed by atoms with E-state index in [1.54, 1.807) is 31.4 Å². The Morgan fingerprint density at radius 3 is 2.72 bits per heavy atom. The number of carbonyl (C=O) groups excluding carboxylic acids is 1. The van der Waals surface area contributed by atoms with E-state index in [1.807, 2.05) is 0 Å². The molecule has 0 radical (unpaired) electrons. The van der Waals surface area contributed by atoms with Crippen LogP contribution in [0, 0.1) is 0 Å². The average Bonchev–Trinajstić information content (AvgIpc) is 3.19. The molecule has 2 aliphatic rings. The van der Waals surface area contributed by atoms with Crippen LogP contribution in [0.3, 0.4) is 0 Å². The van der Waals surface area contributed by atoms with Crippen molar-refractivity contribution >= 4 is 28.9 Å². The molecule has 0 bridgehead atoms. The lowest BCUT2D eigenvalue weighted by molar-refractivity contribution is 0.0826. The third kappa shape index (κ3) is 3.47. The third-order valence-electron chi connectivity index (χ3n) is 6.17. The number of nitrogens with one attached hydrogen (secondary N) is 3. The van der Waals surface area contributed by atoms with Crippen molar-refractivity contribution in [2.75, 3.05) is 17.7 Å². The van der Waals surface area contributed by atoms with Crippen molar-refractivity contribution in [2.45, 2.75) is 50.1 Å². The predicted molar refractivity (Wildman–Crippen MR) is 115 cm³/mol. The predicted octanol–water partition coefficient (Wildman–Crippen LogP) is 2.58. The molecular formula is C21H23F2N7O2. The number of pyridine rings is 1. The molecule has 168 valence electrons. The van der Waals surface area contributed by atoms with Gasteiger partial charge in [-0.2, -0.15) is 9.61 Å². The molecule has 2 fully saturated rings. The zero-order valence-corrected chi connectivity index (χ0v) is 17.4. The molecule has 3 N–H and O–H groups in total. The van der Waals surface area contributed by atoms with Crippen LogP contribution in [0.1, 0.15) is 42.1 Å². The quantitative estimate of drug-likeness (QED) is 0.541. The summed E-state index contributed by atoms with van der Waals surface area (Å²) in [5.74, 6) is 0.418. The summed E-state index contributed by atoms with van der Waals surface area (Å²) >= 11 is 0. The van der Waals surface area contributed by atoms with Crippen LogP contribution in [0.5, 0.6) is 0 Å². The molecule has 3 aromatic rings. The van der Waals surface area contributed by atoms with Crippen molar-refractivity contribution in [3.05, 3.63) is 46.5 Å². The summed E-state index contributed by atoms with van der Waals surface area (Å²) in [6, 6.07) is 4.34. The number of anilines is 3. The number of carbonyl (C=O) groups is 1. The molecule has 3 heterocycles. The molecular weight excluding hydrogens is 420 g/mol. The zero-order valence-electron chi connectivity index (χ0n) is 17.4. The number of rotatable bonds is 6. The van der Waals surface area contributed by atoms with E-state index in [0.717, 1.165) is 0 Å². The summed E-state index contributed by atoms with van der Waals surface area (Å²) in [6.07, 6.45) is 2.81. The van der Waals surface area contributed by atoms with Crippen molar-refractivity contribution in [3.8, 4) is 0 Å². The highest BCUT2D eigenvalue weighted by Crippen LogP contribution is 2.33. The van der Waals surface area contributed by atoms with Crippen LogP contribution in [0.25, 0.3) is 5.65 Å². The lowest BCUT2D eigenvalue weighted by Crippen LogP contribution is -2.48. The molecule has 9 nitrogen and oxygen atoms in total. The van der Waals surface area contributed by atoms with Gasteiger partial charge in [-0.05, 0) is 37.8 Å². The second-order valence-corrected chi connectivity index (χ2v) is 8.23. The lowest BCUT2D eigenvalue weighted by atomic mass is 9.90. The van der Waals surface area contributed by atoms with E-state index in [0.29, 0.717) is 37.3 Å². The van der Waals surface area contributed by atoms with E-state index in [-0.39, 0.29) is 28.5 Å². The topological polar surface area (TPSA) is 105 Å². The first-order chi connectivity index (χ1) is 15.4. The molecule has 2 aliphatic carbocycles. The summed E-state index contributed by atoms with van der Waals surface area (Å²) in [5, 5.41) is 12.9. The molecule has 3 aromatic heterocycles. The second kappa shape index (κ2) is 7.88. The summed E-state index contributed by atoms with van der Waals surface area (Å²) in [7, 11) is 1.70.